The fourth-order valence-electron chi connectivity index (χ4n) is 3.35. The molecule has 0 bridgehead atoms. The first-order chi connectivity index (χ1) is 14.6. The Hall–Kier alpha value is -0.630. The quantitative estimate of drug-likeness (QED) is 0.170. The molecule has 0 spiro atoms. The zero-order chi connectivity index (χ0) is 24.1. The van der Waals surface area contributed by atoms with E-state index in [0.717, 1.165) is 6.08 Å². The van der Waals surface area contributed by atoms with E-state index in [0.29, 0.717) is 12.8 Å². The Bertz CT molecular complexity index is 967. The summed E-state index contributed by atoms with van der Waals surface area (Å²) in [7, 11) is -16.7. The number of hydrogen-bond acceptors (Lipinski definition) is 10. The van der Waals surface area contributed by atoms with Crippen LogP contribution in [-0.4, -0.2) is 65.4 Å². The number of aliphatic hydroxyl groups is 1. The molecule has 1 aliphatic carbocycles. The summed E-state index contributed by atoms with van der Waals surface area (Å²) in [5.41, 5.74) is -1.65. The van der Waals surface area contributed by atoms with Crippen LogP contribution in [0.25, 0.3) is 0 Å². The second kappa shape index (κ2) is 8.86. The molecule has 0 aromatic heterocycles. The molecule has 32 heavy (non-hydrogen) atoms. The molecular weight excluding hydrogens is 521 g/mol. The number of phosphoric ester groups is 1. The van der Waals surface area contributed by atoms with Crippen molar-refractivity contribution in [3.63, 3.8) is 0 Å². The van der Waals surface area contributed by atoms with E-state index in [1.54, 1.807) is 0 Å². The zero-order valence-electron chi connectivity index (χ0n) is 16.0. The van der Waals surface area contributed by atoms with E-state index in [1.165, 1.54) is 11.1 Å². The van der Waals surface area contributed by atoms with Crippen LogP contribution in [0.5, 0.6) is 0 Å². The smallest absolute Gasteiger partial charge is 0.388 e. The van der Waals surface area contributed by atoms with Gasteiger partial charge in [0.25, 0.3) is 5.91 Å². The van der Waals surface area contributed by atoms with Gasteiger partial charge in [-0.2, -0.15) is 8.62 Å². The van der Waals surface area contributed by atoms with Crippen LogP contribution in [0.4, 0.5) is 0 Å². The third kappa shape index (κ3) is 5.89. The van der Waals surface area contributed by atoms with Crippen molar-refractivity contribution in [2.24, 2.45) is 5.92 Å². The first-order valence-corrected chi connectivity index (χ1v) is 13.8. The summed E-state index contributed by atoms with van der Waals surface area (Å²) in [6.45, 7) is 2.81. The number of ether oxygens (including phenoxy) is 1. The summed E-state index contributed by atoms with van der Waals surface area (Å²) in [5.74, 6) is -0.732. The van der Waals surface area contributed by atoms with Crippen molar-refractivity contribution < 1.29 is 61.1 Å². The number of halogens is 1. The van der Waals surface area contributed by atoms with Crippen molar-refractivity contribution in [1.29, 1.82) is 0 Å². The van der Waals surface area contributed by atoms with Gasteiger partial charge < -0.3 is 39.6 Å². The molecule has 6 atom stereocenters. The molecule has 3 rings (SSSR count). The topological polar surface area (TPSA) is 222 Å². The lowest BCUT2D eigenvalue weighted by molar-refractivity contribution is -0.145. The molecule has 0 radical (unpaired) electrons. The predicted molar refractivity (Wildman–Crippen MR) is 104 cm³/mol. The number of hydrogen-bond donors (Lipinski definition) is 6. The lowest BCUT2D eigenvalue weighted by atomic mass is 9.92. The van der Waals surface area contributed by atoms with E-state index in [1.807, 2.05) is 0 Å². The highest BCUT2D eigenvalue weighted by atomic mass is 35.5. The lowest BCUT2D eigenvalue weighted by Crippen LogP contribution is -2.48. The molecule has 1 amide bonds. The second-order valence-electron chi connectivity index (χ2n) is 7.15. The Labute approximate surface area is 186 Å². The largest absolute Gasteiger partial charge is 0.490 e. The number of carbonyl (C=O) groups excluding carboxylic acids is 1. The lowest BCUT2D eigenvalue weighted by Gasteiger charge is -2.35. The number of amides is 1. The maximum absolute atomic E-state index is 12.1. The predicted octanol–water partition coefficient (Wildman–Crippen LogP) is 0.220. The second-order valence-corrected chi connectivity index (χ2v) is 12.1. The number of aliphatic hydroxyl groups excluding tert-OH is 1. The van der Waals surface area contributed by atoms with E-state index in [9.17, 15) is 33.4 Å². The van der Waals surface area contributed by atoms with Crippen molar-refractivity contribution in [2.45, 2.75) is 36.2 Å². The summed E-state index contributed by atoms with van der Waals surface area (Å²) >= 11 is 6.34. The Kier molecular flexibility index (Phi) is 7.20. The zero-order valence-corrected chi connectivity index (χ0v) is 19.4. The summed E-state index contributed by atoms with van der Waals surface area (Å²) in [4.78, 5) is 49.0. The highest BCUT2D eigenvalue weighted by Gasteiger charge is 2.63. The molecule has 15 nitrogen and oxygen atoms in total. The molecule has 2 aliphatic heterocycles. The Morgan fingerprint density at radius 3 is 2.38 bits per heavy atom. The third-order valence-corrected chi connectivity index (χ3v) is 9.03. The number of nitrogens with zero attached hydrogens (tertiary/aromatic N) is 1. The van der Waals surface area contributed by atoms with Crippen LogP contribution >= 0.6 is 35.1 Å². The van der Waals surface area contributed by atoms with Gasteiger partial charge in [-0.05, 0) is 18.8 Å². The van der Waals surface area contributed by atoms with Gasteiger partial charge >= 0.3 is 23.5 Å². The number of nitrogens with one attached hydrogen (secondary N) is 1. The monoisotopic (exact) mass is 540 g/mol. The molecule has 2 fully saturated rings. The van der Waals surface area contributed by atoms with Gasteiger partial charge in [0.1, 0.15) is 22.9 Å². The molecule has 1 saturated carbocycles. The van der Waals surface area contributed by atoms with Gasteiger partial charge in [-0.3, -0.25) is 9.32 Å². The average Bonchev–Trinajstić information content (AvgIpc) is 3.41. The van der Waals surface area contributed by atoms with E-state index < -0.39 is 59.3 Å². The van der Waals surface area contributed by atoms with Crippen molar-refractivity contribution in [1.82, 2.24) is 10.2 Å². The van der Waals surface area contributed by atoms with Gasteiger partial charge in [-0.1, -0.05) is 6.58 Å². The molecule has 1 saturated heterocycles. The number of alkyl halides is 1. The van der Waals surface area contributed by atoms with Crippen LogP contribution in [0.15, 0.2) is 24.7 Å². The molecule has 2 heterocycles. The van der Waals surface area contributed by atoms with E-state index in [2.05, 4.69) is 20.5 Å². The van der Waals surface area contributed by atoms with E-state index >= 15 is 0 Å². The van der Waals surface area contributed by atoms with Crippen molar-refractivity contribution >= 4 is 41.0 Å². The maximum atomic E-state index is 12.1. The summed E-state index contributed by atoms with van der Waals surface area (Å²) in [6, 6.07) is 0. The van der Waals surface area contributed by atoms with Gasteiger partial charge in [0, 0.05) is 12.3 Å². The van der Waals surface area contributed by atoms with Crippen LogP contribution in [0.1, 0.15) is 12.8 Å². The van der Waals surface area contributed by atoms with E-state index in [4.69, 9.17) is 30.6 Å². The fraction of sp³-hybridized carbons (Fsp3) is 0.615. The van der Waals surface area contributed by atoms with Crippen LogP contribution in [0.3, 0.4) is 0 Å². The number of phosphoric acid groups is 3. The van der Waals surface area contributed by atoms with Crippen molar-refractivity contribution in [3.05, 3.63) is 24.7 Å². The highest BCUT2D eigenvalue weighted by molar-refractivity contribution is 7.66. The minimum atomic E-state index is -5.70. The molecule has 19 heteroatoms. The van der Waals surface area contributed by atoms with Gasteiger partial charge in [-0.15, -0.1) is 11.6 Å². The molecule has 182 valence electrons. The summed E-state index contributed by atoms with van der Waals surface area (Å²) in [5, 5.41) is 12.1. The van der Waals surface area contributed by atoms with Gasteiger partial charge in [0.05, 0.1) is 6.61 Å². The van der Waals surface area contributed by atoms with Crippen molar-refractivity contribution in [3.8, 4) is 0 Å². The minimum Gasteiger partial charge on any atom is -0.388 e. The summed E-state index contributed by atoms with van der Waals surface area (Å²) < 4.78 is 52.3. The van der Waals surface area contributed by atoms with Gasteiger partial charge in [0.2, 0.25) is 0 Å². The highest BCUT2D eigenvalue weighted by Crippen LogP contribution is 2.67. The minimum absolute atomic E-state index is 0.0971. The van der Waals surface area contributed by atoms with E-state index in [-0.39, 0.29) is 11.7 Å². The number of carbonyl (C=O) groups is 1. The normalized spacial score (nSPS) is 34.8. The molecule has 0 aromatic rings. The average molecular weight is 541 g/mol. The Morgan fingerprint density at radius 2 is 1.84 bits per heavy atom. The van der Waals surface area contributed by atoms with Gasteiger partial charge in [0.15, 0.2) is 6.23 Å². The van der Waals surface area contributed by atoms with Crippen LogP contribution in [0, 0.1) is 5.92 Å². The third-order valence-electron chi connectivity index (χ3n) is 4.79. The number of rotatable bonds is 9. The molecule has 0 aromatic carbocycles. The molecular formula is C13H20ClN2O13P3. The molecule has 6 N–H and O–H groups in total. The maximum Gasteiger partial charge on any atom is 0.490 e. The van der Waals surface area contributed by atoms with Crippen LogP contribution in [-0.2, 0) is 36.4 Å². The fourth-order valence-corrected chi connectivity index (χ4v) is 6.80. The molecule has 3 aliphatic rings. The van der Waals surface area contributed by atoms with Crippen molar-refractivity contribution in [2.75, 3.05) is 6.61 Å². The summed E-state index contributed by atoms with van der Waals surface area (Å²) in [6.07, 6.45) is 0.992. The Balaban J connectivity index is 1.76. The van der Waals surface area contributed by atoms with Gasteiger partial charge in [-0.25, -0.2) is 13.7 Å². The standard InChI is InChI=1S/C13H20ClN2O13P3/c1-7-15-9(17)4-5-16(7)12-10(14)11(18)13(27-12,8-2-3-8)6-26-31(22,23)29-32(24,25)28-30(19,20)21/h4-5,8,10-12,18H,1-3,6H2,(H,15,17)(H,22,23)(H,24,25)(H2,19,20,21)/t10-,11+,12-,13+/m1/s1. The first kappa shape index (κ1) is 26.0. The Morgan fingerprint density at radius 1 is 1.22 bits per heavy atom. The molecule has 2 unspecified atom stereocenters. The first-order valence-electron chi connectivity index (χ1n) is 8.80. The van der Waals surface area contributed by atoms with Crippen LogP contribution < -0.4 is 5.32 Å². The SMILES string of the molecule is C=C1NC(=O)C=CN1[C@@H]1O[C@@](COP(=O)(O)OP(=O)(O)OP(=O)(O)O)(C2CC2)[C@@H](O)[C@H]1Cl. The van der Waals surface area contributed by atoms with Crippen LogP contribution in [0.2, 0.25) is 0 Å².